The van der Waals surface area contributed by atoms with Crippen LogP contribution in [-0.4, -0.2) is 37.2 Å². The number of imide groups is 1. The molecule has 134 valence electrons. The number of methoxy groups -OCH3 is 1. The maximum absolute atomic E-state index is 12.1. The number of carbonyl (C=O) groups excluding carboxylic acids is 2. The van der Waals surface area contributed by atoms with E-state index < -0.39 is 6.09 Å². The van der Waals surface area contributed by atoms with Crippen molar-refractivity contribution in [1.82, 2.24) is 4.90 Å². The predicted octanol–water partition coefficient (Wildman–Crippen LogP) is 4.03. The number of amides is 2. The smallest absolute Gasteiger partial charge is 0.416 e. The van der Waals surface area contributed by atoms with Crippen molar-refractivity contribution in [2.24, 2.45) is 5.92 Å². The maximum Gasteiger partial charge on any atom is 0.416 e. The summed E-state index contributed by atoms with van der Waals surface area (Å²) in [5.41, 5.74) is 1.05. The summed E-state index contributed by atoms with van der Waals surface area (Å²) < 4.78 is 10.5. The average Bonchev–Trinajstić information content (AvgIpc) is 2.59. The van der Waals surface area contributed by atoms with Crippen LogP contribution < -0.4 is 4.74 Å². The number of carbonyl (C=O) groups is 2. The van der Waals surface area contributed by atoms with Gasteiger partial charge >= 0.3 is 6.09 Å². The Morgan fingerprint density at radius 1 is 1.16 bits per heavy atom. The van der Waals surface area contributed by atoms with E-state index in [4.69, 9.17) is 9.47 Å². The Morgan fingerprint density at radius 3 is 2.56 bits per heavy atom. The van der Waals surface area contributed by atoms with Crippen LogP contribution >= 0.6 is 0 Å². The van der Waals surface area contributed by atoms with Gasteiger partial charge in [0.15, 0.2) is 0 Å². The molecule has 0 saturated heterocycles. The summed E-state index contributed by atoms with van der Waals surface area (Å²) in [6, 6.07) is 11.9. The molecule has 0 N–H and O–H groups in total. The first-order valence-corrected chi connectivity index (χ1v) is 8.43. The largest absolute Gasteiger partial charge is 0.497 e. The highest BCUT2D eigenvalue weighted by molar-refractivity contribution is 5.91. The zero-order valence-corrected chi connectivity index (χ0v) is 15.2. The molecular formula is C20H25NO4. The van der Waals surface area contributed by atoms with Crippen molar-refractivity contribution in [3.05, 3.63) is 42.0 Å². The number of hydrogen-bond acceptors (Lipinski definition) is 4. The van der Waals surface area contributed by atoms with Crippen molar-refractivity contribution < 1.29 is 19.1 Å². The molecule has 0 aliphatic rings. The quantitative estimate of drug-likeness (QED) is 0.794. The number of nitrogens with zero attached hydrogens (tertiary/aromatic N) is 1. The normalized spacial score (nSPS) is 10.8. The minimum atomic E-state index is -0.584. The molecule has 2 amide bonds. The van der Waals surface area contributed by atoms with E-state index in [0.29, 0.717) is 13.0 Å². The summed E-state index contributed by atoms with van der Waals surface area (Å²) in [5, 5.41) is 2.15. The van der Waals surface area contributed by atoms with Crippen LogP contribution in [0.15, 0.2) is 36.4 Å². The SMILES string of the molecule is COc1ccc2cccc(CCN(C(C)=O)C(=O)OCC(C)C)c2c1. The molecule has 0 radical (unpaired) electrons. The Labute approximate surface area is 148 Å². The molecule has 0 atom stereocenters. The molecule has 0 unspecified atom stereocenters. The van der Waals surface area contributed by atoms with Gasteiger partial charge in [-0.2, -0.15) is 0 Å². The van der Waals surface area contributed by atoms with Gasteiger partial charge in [0.1, 0.15) is 5.75 Å². The van der Waals surface area contributed by atoms with Gasteiger partial charge in [-0.15, -0.1) is 0 Å². The van der Waals surface area contributed by atoms with Crippen molar-refractivity contribution in [3.63, 3.8) is 0 Å². The number of benzene rings is 2. The van der Waals surface area contributed by atoms with Gasteiger partial charge < -0.3 is 9.47 Å². The second kappa shape index (κ2) is 8.51. The third-order valence-corrected chi connectivity index (χ3v) is 3.92. The summed E-state index contributed by atoms with van der Waals surface area (Å²) in [6.45, 7) is 5.86. The van der Waals surface area contributed by atoms with Crippen molar-refractivity contribution in [2.75, 3.05) is 20.3 Å². The topological polar surface area (TPSA) is 55.8 Å². The lowest BCUT2D eigenvalue weighted by Crippen LogP contribution is -2.37. The van der Waals surface area contributed by atoms with Crippen LogP contribution in [-0.2, 0) is 16.0 Å². The first-order chi connectivity index (χ1) is 11.9. The van der Waals surface area contributed by atoms with Crippen LogP contribution in [0.25, 0.3) is 10.8 Å². The average molecular weight is 343 g/mol. The minimum Gasteiger partial charge on any atom is -0.497 e. The Morgan fingerprint density at radius 2 is 1.92 bits per heavy atom. The van der Waals surface area contributed by atoms with Crippen LogP contribution in [0.5, 0.6) is 5.75 Å². The van der Waals surface area contributed by atoms with Crippen molar-refractivity contribution in [3.8, 4) is 5.75 Å². The third kappa shape index (κ3) is 4.95. The lowest BCUT2D eigenvalue weighted by molar-refractivity contribution is -0.127. The van der Waals surface area contributed by atoms with Crippen LogP contribution in [0.1, 0.15) is 26.3 Å². The van der Waals surface area contributed by atoms with Crippen LogP contribution in [0.3, 0.4) is 0 Å². The monoisotopic (exact) mass is 343 g/mol. The number of ether oxygens (including phenoxy) is 2. The van der Waals surface area contributed by atoms with Crippen LogP contribution in [0, 0.1) is 5.92 Å². The third-order valence-electron chi connectivity index (χ3n) is 3.92. The standard InChI is InChI=1S/C20H25NO4/c1-14(2)13-25-20(23)21(15(3)22)11-10-17-7-5-6-16-8-9-18(24-4)12-19(16)17/h5-9,12,14H,10-11,13H2,1-4H3. The molecule has 2 rings (SSSR count). The van der Waals surface area contributed by atoms with Gasteiger partial charge in [-0.3, -0.25) is 4.79 Å². The Balaban J connectivity index is 2.16. The maximum atomic E-state index is 12.1. The minimum absolute atomic E-state index is 0.225. The van der Waals surface area contributed by atoms with E-state index in [1.807, 2.05) is 50.2 Å². The second-order valence-corrected chi connectivity index (χ2v) is 6.40. The highest BCUT2D eigenvalue weighted by Crippen LogP contribution is 2.24. The Hall–Kier alpha value is -2.56. The molecule has 5 nitrogen and oxygen atoms in total. The first kappa shape index (κ1) is 18.8. The van der Waals surface area contributed by atoms with E-state index in [1.54, 1.807) is 7.11 Å². The lowest BCUT2D eigenvalue weighted by atomic mass is 10.0. The summed E-state index contributed by atoms with van der Waals surface area (Å²) in [5.74, 6) is 0.689. The Bertz CT molecular complexity index is 754. The van der Waals surface area contributed by atoms with E-state index in [9.17, 15) is 9.59 Å². The fraction of sp³-hybridized carbons (Fsp3) is 0.400. The molecule has 0 aromatic heterocycles. The molecule has 0 aliphatic heterocycles. The fourth-order valence-electron chi connectivity index (χ4n) is 2.59. The van der Waals surface area contributed by atoms with E-state index in [2.05, 4.69) is 0 Å². The van der Waals surface area contributed by atoms with Gasteiger partial charge in [-0.1, -0.05) is 38.1 Å². The predicted molar refractivity (Wildman–Crippen MR) is 97.8 cm³/mol. The summed E-state index contributed by atoms with van der Waals surface area (Å²) in [7, 11) is 1.63. The molecule has 0 aliphatic carbocycles. The summed E-state index contributed by atoms with van der Waals surface area (Å²) in [6.07, 6.45) is -0.0278. The van der Waals surface area contributed by atoms with Gasteiger partial charge in [-0.05, 0) is 40.8 Å². The first-order valence-electron chi connectivity index (χ1n) is 8.43. The van der Waals surface area contributed by atoms with Gasteiger partial charge in [-0.25, -0.2) is 9.69 Å². The van der Waals surface area contributed by atoms with Gasteiger partial charge in [0.25, 0.3) is 0 Å². The fourth-order valence-corrected chi connectivity index (χ4v) is 2.59. The molecule has 0 heterocycles. The lowest BCUT2D eigenvalue weighted by Gasteiger charge is -2.20. The van der Waals surface area contributed by atoms with Crippen molar-refractivity contribution >= 4 is 22.8 Å². The Kier molecular flexibility index (Phi) is 6.39. The highest BCUT2D eigenvalue weighted by atomic mass is 16.6. The van der Waals surface area contributed by atoms with E-state index in [0.717, 1.165) is 27.0 Å². The second-order valence-electron chi connectivity index (χ2n) is 6.40. The van der Waals surface area contributed by atoms with Gasteiger partial charge in [0, 0.05) is 13.5 Å². The molecule has 0 saturated carbocycles. The number of rotatable bonds is 6. The molecule has 0 bridgehead atoms. The molecule has 2 aromatic carbocycles. The van der Waals surface area contributed by atoms with Crippen molar-refractivity contribution in [2.45, 2.75) is 27.2 Å². The van der Waals surface area contributed by atoms with Crippen molar-refractivity contribution in [1.29, 1.82) is 0 Å². The molecule has 5 heteroatoms. The highest BCUT2D eigenvalue weighted by Gasteiger charge is 2.20. The number of fused-ring (bicyclic) bond motifs is 1. The molecule has 25 heavy (non-hydrogen) atoms. The van der Waals surface area contributed by atoms with E-state index in [-0.39, 0.29) is 18.4 Å². The van der Waals surface area contributed by atoms with Gasteiger partial charge in [0.2, 0.25) is 5.91 Å². The summed E-state index contributed by atoms with van der Waals surface area (Å²) >= 11 is 0. The zero-order chi connectivity index (χ0) is 18.4. The van der Waals surface area contributed by atoms with Crippen LogP contribution in [0.4, 0.5) is 4.79 Å². The van der Waals surface area contributed by atoms with Gasteiger partial charge in [0.05, 0.1) is 13.7 Å². The van der Waals surface area contributed by atoms with Crippen LogP contribution in [0.2, 0.25) is 0 Å². The van der Waals surface area contributed by atoms with E-state index >= 15 is 0 Å². The molecule has 0 fully saturated rings. The summed E-state index contributed by atoms with van der Waals surface area (Å²) in [4.78, 5) is 25.1. The molecule has 0 spiro atoms. The van der Waals surface area contributed by atoms with E-state index in [1.165, 1.54) is 6.92 Å². The molecular weight excluding hydrogens is 318 g/mol. The number of hydrogen-bond donors (Lipinski definition) is 0. The zero-order valence-electron chi connectivity index (χ0n) is 15.2. The molecule has 2 aromatic rings.